The van der Waals surface area contributed by atoms with Crippen molar-refractivity contribution in [3.63, 3.8) is 0 Å². The molecule has 1 rings (SSSR count). The summed E-state index contributed by atoms with van der Waals surface area (Å²) in [7, 11) is 0. The summed E-state index contributed by atoms with van der Waals surface area (Å²) in [6.45, 7) is 0.263. The molecule has 0 heterocycles. The molecule has 0 aromatic heterocycles. The van der Waals surface area contributed by atoms with Gasteiger partial charge in [-0.3, -0.25) is 14.9 Å². The van der Waals surface area contributed by atoms with E-state index in [9.17, 15) is 14.9 Å². The van der Waals surface area contributed by atoms with Crippen molar-refractivity contribution in [2.45, 2.75) is 12.6 Å². The lowest BCUT2D eigenvalue weighted by atomic mass is 10.2. The number of rotatable bonds is 6. The van der Waals surface area contributed by atoms with Crippen LogP contribution in [0.1, 0.15) is 5.56 Å². The first-order valence-electron chi connectivity index (χ1n) is 4.93. The second-order valence-corrected chi connectivity index (χ2v) is 3.46. The highest BCUT2D eigenvalue weighted by Crippen LogP contribution is 2.16. The quantitative estimate of drug-likeness (QED) is 0.478. The van der Waals surface area contributed by atoms with Crippen LogP contribution in [0.15, 0.2) is 24.3 Å². The molecule has 92 valence electrons. The van der Waals surface area contributed by atoms with Crippen LogP contribution < -0.4 is 11.1 Å². The van der Waals surface area contributed by atoms with Crippen LogP contribution >= 0.6 is 0 Å². The van der Waals surface area contributed by atoms with Gasteiger partial charge in [0, 0.05) is 24.7 Å². The Labute approximate surface area is 97.4 Å². The minimum absolute atomic E-state index is 0.00361. The second-order valence-electron chi connectivity index (χ2n) is 3.46. The molecule has 7 heteroatoms. The van der Waals surface area contributed by atoms with E-state index >= 15 is 0 Å². The number of benzene rings is 1. The Morgan fingerprint density at radius 1 is 1.53 bits per heavy atom. The van der Waals surface area contributed by atoms with Gasteiger partial charge in [-0.15, -0.1) is 0 Å². The molecule has 4 N–H and O–H groups in total. The van der Waals surface area contributed by atoms with Crippen molar-refractivity contribution in [1.82, 2.24) is 5.32 Å². The molecule has 0 unspecified atom stereocenters. The van der Waals surface area contributed by atoms with Crippen molar-refractivity contribution in [2.75, 3.05) is 6.54 Å². The largest absolute Gasteiger partial charge is 0.480 e. The molecule has 0 saturated heterocycles. The normalized spacial score (nSPS) is 12.1. The maximum atomic E-state index is 10.7. The SMILES string of the molecule is N[C@@H](CNCc1ccccc1[N+](=O)[O-])C(=O)O. The fourth-order valence-corrected chi connectivity index (χ4v) is 1.29. The van der Waals surface area contributed by atoms with Gasteiger partial charge in [-0.1, -0.05) is 18.2 Å². The van der Waals surface area contributed by atoms with Gasteiger partial charge >= 0.3 is 5.97 Å². The van der Waals surface area contributed by atoms with Crippen molar-refractivity contribution in [3.05, 3.63) is 39.9 Å². The molecule has 0 radical (unpaired) electrons. The average Bonchev–Trinajstić information content (AvgIpc) is 2.29. The number of nitro groups is 1. The molecule has 1 aromatic carbocycles. The Balaban J connectivity index is 2.58. The molecule has 1 atom stereocenters. The van der Waals surface area contributed by atoms with E-state index in [1.807, 2.05) is 0 Å². The number of carbonyl (C=O) groups is 1. The number of carboxylic acids is 1. The molecular weight excluding hydrogens is 226 g/mol. The smallest absolute Gasteiger partial charge is 0.321 e. The van der Waals surface area contributed by atoms with E-state index < -0.39 is 16.9 Å². The minimum Gasteiger partial charge on any atom is -0.480 e. The van der Waals surface area contributed by atoms with Crippen molar-refractivity contribution in [2.24, 2.45) is 5.73 Å². The minimum atomic E-state index is -1.11. The Bertz CT molecular complexity index is 422. The van der Waals surface area contributed by atoms with Gasteiger partial charge in [0.15, 0.2) is 0 Å². The average molecular weight is 239 g/mol. The molecule has 0 fully saturated rings. The van der Waals surface area contributed by atoms with E-state index in [1.54, 1.807) is 18.2 Å². The number of nitro benzene ring substituents is 1. The summed E-state index contributed by atoms with van der Waals surface area (Å²) >= 11 is 0. The third-order valence-corrected chi connectivity index (χ3v) is 2.19. The molecule has 0 amide bonds. The lowest BCUT2D eigenvalue weighted by Crippen LogP contribution is -2.40. The first kappa shape index (κ1) is 13.1. The predicted octanol–water partition coefficient (Wildman–Crippen LogP) is 0.0963. The van der Waals surface area contributed by atoms with Gasteiger partial charge in [-0.2, -0.15) is 0 Å². The summed E-state index contributed by atoms with van der Waals surface area (Å²) in [5.74, 6) is -1.11. The standard InChI is InChI=1S/C10H13N3O4/c11-8(10(14)15)6-12-5-7-3-1-2-4-9(7)13(16)17/h1-4,8,12H,5-6,11H2,(H,14,15)/t8-/m0/s1. The van der Waals surface area contributed by atoms with Gasteiger partial charge in [-0.05, 0) is 0 Å². The number of hydrogen-bond acceptors (Lipinski definition) is 5. The number of hydrogen-bond donors (Lipinski definition) is 3. The van der Waals surface area contributed by atoms with Gasteiger partial charge in [0.2, 0.25) is 0 Å². The Kier molecular flexibility index (Phi) is 4.56. The Hall–Kier alpha value is -1.99. The van der Waals surface area contributed by atoms with Crippen molar-refractivity contribution in [1.29, 1.82) is 0 Å². The highest BCUT2D eigenvalue weighted by molar-refractivity contribution is 5.73. The summed E-state index contributed by atoms with van der Waals surface area (Å²) in [5, 5.41) is 22.0. The summed E-state index contributed by atoms with van der Waals surface area (Å²) < 4.78 is 0. The van der Waals surface area contributed by atoms with Crippen LogP contribution in [-0.4, -0.2) is 28.6 Å². The maximum Gasteiger partial charge on any atom is 0.321 e. The van der Waals surface area contributed by atoms with Gasteiger partial charge in [0.1, 0.15) is 6.04 Å². The van der Waals surface area contributed by atoms with Crippen molar-refractivity contribution in [3.8, 4) is 0 Å². The van der Waals surface area contributed by atoms with Crippen LogP contribution in [0.4, 0.5) is 5.69 Å². The van der Waals surface area contributed by atoms with Crippen LogP contribution in [0.25, 0.3) is 0 Å². The molecular formula is C10H13N3O4. The number of nitrogens with zero attached hydrogens (tertiary/aromatic N) is 1. The molecule has 0 aliphatic rings. The van der Waals surface area contributed by atoms with Gasteiger partial charge < -0.3 is 16.2 Å². The summed E-state index contributed by atoms with van der Waals surface area (Å²) in [6, 6.07) is 5.25. The number of aliphatic carboxylic acids is 1. The van der Waals surface area contributed by atoms with Crippen molar-refractivity contribution >= 4 is 11.7 Å². The van der Waals surface area contributed by atoms with Crippen LogP contribution in [0, 0.1) is 10.1 Å². The fraction of sp³-hybridized carbons (Fsp3) is 0.300. The molecule has 0 spiro atoms. The molecule has 17 heavy (non-hydrogen) atoms. The maximum absolute atomic E-state index is 10.7. The van der Waals surface area contributed by atoms with Gasteiger partial charge in [-0.25, -0.2) is 0 Å². The third kappa shape index (κ3) is 3.82. The van der Waals surface area contributed by atoms with Crippen LogP contribution in [0.2, 0.25) is 0 Å². The van der Waals surface area contributed by atoms with Crippen LogP contribution in [0.5, 0.6) is 0 Å². The molecule has 1 aromatic rings. The van der Waals surface area contributed by atoms with E-state index in [2.05, 4.69) is 5.32 Å². The third-order valence-electron chi connectivity index (χ3n) is 2.19. The number of carboxylic acid groups (broad SMARTS) is 1. The number of para-hydroxylation sites is 1. The molecule has 0 bridgehead atoms. The van der Waals surface area contributed by atoms with Crippen LogP contribution in [0.3, 0.4) is 0 Å². The summed E-state index contributed by atoms with van der Waals surface area (Å²) in [6.07, 6.45) is 0. The first-order chi connectivity index (χ1) is 8.02. The summed E-state index contributed by atoms with van der Waals surface area (Å²) in [4.78, 5) is 20.7. The zero-order valence-corrected chi connectivity index (χ0v) is 9.00. The molecule has 7 nitrogen and oxygen atoms in total. The molecule has 0 aliphatic heterocycles. The monoisotopic (exact) mass is 239 g/mol. The fourth-order valence-electron chi connectivity index (χ4n) is 1.29. The van der Waals surface area contributed by atoms with Gasteiger partial charge in [0.25, 0.3) is 5.69 Å². The topological polar surface area (TPSA) is 118 Å². The van der Waals surface area contributed by atoms with Crippen LogP contribution in [-0.2, 0) is 11.3 Å². The predicted molar refractivity (Wildman–Crippen MR) is 60.4 cm³/mol. The summed E-state index contributed by atoms with van der Waals surface area (Å²) in [5.41, 5.74) is 5.78. The Morgan fingerprint density at radius 3 is 2.76 bits per heavy atom. The molecule has 0 aliphatic carbocycles. The molecule has 0 saturated carbocycles. The van der Waals surface area contributed by atoms with E-state index in [4.69, 9.17) is 10.8 Å². The van der Waals surface area contributed by atoms with E-state index in [0.29, 0.717) is 5.56 Å². The van der Waals surface area contributed by atoms with E-state index in [1.165, 1.54) is 6.07 Å². The number of nitrogens with one attached hydrogen (secondary N) is 1. The highest BCUT2D eigenvalue weighted by Gasteiger charge is 2.14. The number of nitrogens with two attached hydrogens (primary N) is 1. The van der Waals surface area contributed by atoms with Crippen molar-refractivity contribution < 1.29 is 14.8 Å². The highest BCUT2D eigenvalue weighted by atomic mass is 16.6. The van der Waals surface area contributed by atoms with E-state index in [0.717, 1.165) is 0 Å². The lowest BCUT2D eigenvalue weighted by Gasteiger charge is -2.08. The zero-order valence-electron chi connectivity index (χ0n) is 9.00. The lowest BCUT2D eigenvalue weighted by molar-refractivity contribution is -0.385. The van der Waals surface area contributed by atoms with E-state index in [-0.39, 0.29) is 18.8 Å². The van der Waals surface area contributed by atoms with Gasteiger partial charge in [0.05, 0.1) is 4.92 Å². The Morgan fingerprint density at radius 2 is 2.18 bits per heavy atom. The second kappa shape index (κ2) is 5.92. The zero-order chi connectivity index (χ0) is 12.8. The first-order valence-corrected chi connectivity index (χ1v) is 4.93.